The number of aromatic nitrogens is 2. The molecule has 4 rings (SSSR count). The second-order valence-electron chi connectivity index (χ2n) is 6.88. The number of rotatable bonds is 3. The van der Waals surface area contributed by atoms with Crippen molar-refractivity contribution in [1.82, 2.24) is 15.5 Å². The van der Waals surface area contributed by atoms with Gasteiger partial charge in [-0.2, -0.15) is 5.10 Å². The minimum Gasteiger partial charge on any atom is -0.460 e. The first-order chi connectivity index (χ1) is 12.1. The lowest BCUT2D eigenvalue weighted by Crippen LogP contribution is -2.51. The van der Waals surface area contributed by atoms with E-state index in [2.05, 4.69) is 15.5 Å². The van der Waals surface area contributed by atoms with E-state index < -0.39 is 0 Å². The molecule has 4 heterocycles. The van der Waals surface area contributed by atoms with Crippen LogP contribution in [0.25, 0.3) is 11.5 Å². The van der Waals surface area contributed by atoms with Crippen LogP contribution in [-0.2, 0) is 9.47 Å². The summed E-state index contributed by atoms with van der Waals surface area (Å²) in [5, 5.41) is 10.1. The first-order valence-corrected chi connectivity index (χ1v) is 8.78. The lowest BCUT2D eigenvalue weighted by Gasteiger charge is -2.43. The molecule has 1 atom stereocenters. The van der Waals surface area contributed by atoms with Crippen LogP contribution in [0.5, 0.6) is 0 Å². The summed E-state index contributed by atoms with van der Waals surface area (Å²) < 4.78 is 17.0. The van der Waals surface area contributed by atoms with Crippen LogP contribution in [0.3, 0.4) is 0 Å². The van der Waals surface area contributed by atoms with Crippen LogP contribution in [0.1, 0.15) is 41.9 Å². The van der Waals surface area contributed by atoms with E-state index in [0.717, 1.165) is 44.7 Å². The summed E-state index contributed by atoms with van der Waals surface area (Å²) in [7, 11) is 0. The van der Waals surface area contributed by atoms with Crippen LogP contribution in [0.15, 0.2) is 22.6 Å². The fourth-order valence-electron chi connectivity index (χ4n) is 3.65. The fraction of sp³-hybridized carbons (Fsp3) is 0.556. The number of carbonyl (C=O) groups excluding carboxylic acids is 1. The van der Waals surface area contributed by atoms with Crippen LogP contribution in [0, 0.1) is 6.92 Å². The third-order valence-electron chi connectivity index (χ3n) is 5.05. The third-order valence-corrected chi connectivity index (χ3v) is 5.05. The standard InChI is InChI=1S/C18H23N3O4/c1-12-2-3-16(25-12)14-10-15(21-20-14)17(22)19-13-4-7-24-18(11-13)5-8-23-9-6-18/h2-3,10,13H,4-9,11H2,1H3,(H,19,22)(H,20,21)/t13-/m1/s1. The van der Waals surface area contributed by atoms with Gasteiger partial charge in [0.25, 0.3) is 5.91 Å². The molecule has 2 N–H and O–H groups in total. The van der Waals surface area contributed by atoms with Crippen molar-refractivity contribution in [3.63, 3.8) is 0 Å². The Labute approximate surface area is 146 Å². The summed E-state index contributed by atoms with van der Waals surface area (Å²) in [6.45, 7) is 4.01. The molecule has 1 amide bonds. The zero-order valence-electron chi connectivity index (χ0n) is 14.3. The van der Waals surface area contributed by atoms with Crippen molar-refractivity contribution in [1.29, 1.82) is 0 Å². The highest BCUT2D eigenvalue weighted by atomic mass is 16.5. The largest absolute Gasteiger partial charge is 0.460 e. The van der Waals surface area contributed by atoms with Crippen molar-refractivity contribution in [3.8, 4) is 11.5 Å². The van der Waals surface area contributed by atoms with E-state index in [-0.39, 0.29) is 17.6 Å². The Hall–Kier alpha value is -2.12. The first kappa shape index (κ1) is 16.4. The van der Waals surface area contributed by atoms with Crippen molar-refractivity contribution in [3.05, 3.63) is 29.7 Å². The smallest absolute Gasteiger partial charge is 0.272 e. The maximum Gasteiger partial charge on any atom is 0.272 e. The van der Waals surface area contributed by atoms with Crippen LogP contribution < -0.4 is 5.32 Å². The molecule has 2 fully saturated rings. The van der Waals surface area contributed by atoms with Gasteiger partial charge in [-0.1, -0.05) is 0 Å². The second kappa shape index (κ2) is 6.65. The molecule has 1 spiro atoms. The van der Waals surface area contributed by atoms with Crippen molar-refractivity contribution >= 4 is 5.91 Å². The van der Waals surface area contributed by atoms with Crippen LogP contribution in [0.4, 0.5) is 0 Å². The zero-order valence-corrected chi connectivity index (χ0v) is 14.3. The van der Waals surface area contributed by atoms with Gasteiger partial charge < -0.3 is 19.2 Å². The van der Waals surface area contributed by atoms with Gasteiger partial charge in [0.15, 0.2) is 11.5 Å². The zero-order chi connectivity index (χ0) is 17.3. The van der Waals surface area contributed by atoms with Gasteiger partial charge in [-0.15, -0.1) is 0 Å². The summed E-state index contributed by atoms with van der Waals surface area (Å²) in [6, 6.07) is 5.56. The van der Waals surface area contributed by atoms with Crippen molar-refractivity contribution < 1.29 is 18.7 Å². The molecule has 0 saturated carbocycles. The highest BCUT2D eigenvalue weighted by Gasteiger charge is 2.39. The summed E-state index contributed by atoms with van der Waals surface area (Å²) in [4.78, 5) is 12.5. The van der Waals surface area contributed by atoms with Crippen molar-refractivity contribution in [2.75, 3.05) is 19.8 Å². The van der Waals surface area contributed by atoms with Crippen molar-refractivity contribution in [2.24, 2.45) is 0 Å². The molecule has 25 heavy (non-hydrogen) atoms. The first-order valence-electron chi connectivity index (χ1n) is 8.78. The maximum atomic E-state index is 12.5. The Bertz CT molecular complexity index is 740. The molecule has 7 nitrogen and oxygen atoms in total. The van der Waals surface area contributed by atoms with Gasteiger partial charge >= 0.3 is 0 Å². The number of aryl methyl sites for hydroxylation is 1. The molecular weight excluding hydrogens is 322 g/mol. The molecule has 2 aromatic rings. The van der Waals surface area contributed by atoms with Gasteiger partial charge in [-0.25, -0.2) is 0 Å². The SMILES string of the molecule is Cc1ccc(-c2cc(C(=O)N[C@@H]3CCOC4(CCOCC4)C3)n[nH]2)o1. The summed E-state index contributed by atoms with van der Waals surface area (Å²) >= 11 is 0. The highest BCUT2D eigenvalue weighted by Crippen LogP contribution is 2.34. The van der Waals surface area contributed by atoms with Crippen LogP contribution in [-0.4, -0.2) is 47.6 Å². The minimum absolute atomic E-state index is 0.102. The Balaban J connectivity index is 1.41. The van der Waals surface area contributed by atoms with Crippen LogP contribution in [0.2, 0.25) is 0 Å². The Morgan fingerprint density at radius 3 is 2.92 bits per heavy atom. The number of nitrogens with zero attached hydrogens (tertiary/aromatic N) is 1. The van der Waals surface area contributed by atoms with Crippen molar-refractivity contribution in [2.45, 2.75) is 44.2 Å². The molecule has 0 aromatic carbocycles. The molecule has 0 aliphatic carbocycles. The van der Waals surface area contributed by atoms with E-state index in [1.54, 1.807) is 6.07 Å². The van der Waals surface area contributed by atoms with E-state index >= 15 is 0 Å². The topological polar surface area (TPSA) is 89.4 Å². The Morgan fingerprint density at radius 1 is 1.32 bits per heavy atom. The number of H-pyrrole nitrogens is 1. The molecule has 0 bridgehead atoms. The summed E-state index contributed by atoms with van der Waals surface area (Å²) in [6.07, 6.45) is 3.44. The van der Waals surface area contributed by atoms with Gasteiger partial charge in [0.1, 0.15) is 11.5 Å². The predicted molar refractivity (Wildman–Crippen MR) is 90.3 cm³/mol. The lowest BCUT2D eigenvalue weighted by molar-refractivity contribution is -0.139. The van der Waals surface area contributed by atoms with E-state index in [1.807, 2.05) is 19.1 Å². The number of ether oxygens (including phenoxy) is 2. The normalized spacial score (nSPS) is 22.8. The Kier molecular flexibility index (Phi) is 4.35. The summed E-state index contributed by atoms with van der Waals surface area (Å²) in [5.74, 6) is 1.33. The van der Waals surface area contributed by atoms with E-state index in [9.17, 15) is 4.79 Å². The molecule has 2 saturated heterocycles. The van der Waals surface area contributed by atoms with E-state index in [4.69, 9.17) is 13.9 Å². The fourth-order valence-corrected chi connectivity index (χ4v) is 3.65. The van der Waals surface area contributed by atoms with Gasteiger partial charge in [0.2, 0.25) is 0 Å². The molecule has 2 aliphatic rings. The number of carbonyl (C=O) groups is 1. The van der Waals surface area contributed by atoms with E-state index in [1.165, 1.54) is 0 Å². The average Bonchev–Trinajstić information content (AvgIpc) is 3.24. The number of hydrogen-bond acceptors (Lipinski definition) is 5. The van der Waals surface area contributed by atoms with Gasteiger partial charge in [0, 0.05) is 31.9 Å². The number of hydrogen-bond donors (Lipinski definition) is 2. The second-order valence-corrected chi connectivity index (χ2v) is 6.88. The quantitative estimate of drug-likeness (QED) is 0.892. The number of aromatic amines is 1. The van der Waals surface area contributed by atoms with Gasteiger partial charge in [-0.3, -0.25) is 9.89 Å². The maximum absolute atomic E-state index is 12.5. The predicted octanol–water partition coefficient (Wildman–Crippen LogP) is 2.44. The van der Waals surface area contributed by atoms with Crippen LogP contribution >= 0.6 is 0 Å². The molecule has 0 radical (unpaired) electrons. The van der Waals surface area contributed by atoms with Gasteiger partial charge in [-0.05, 0) is 44.7 Å². The average molecular weight is 345 g/mol. The highest BCUT2D eigenvalue weighted by molar-refractivity contribution is 5.93. The van der Waals surface area contributed by atoms with Gasteiger partial charge in [0.05, 0.1) is 5.60 Å². The van der Waals surface area contributed by atoms with E-state index in [0.29, 0.717) is 23.8 Å². The lowest BCUT2D eigenvalue weighted by atomic mass is 9.84. The molecule has 0 unspecified atom stereocenters. The molecular formula is C18H23N3O4. The number of furan rings is 1. The summed E-state index contributed by atoms with van der Waals surface area (Å²) in [5.41, 5.74) is 0.930. The third kappa shape index (κ3) is 3.48. The molecule has 7 heteroatoms. The number of nitrogens with one attached hydrogen (secondary N) is 2. The monoisotopic (exact) mass is 345 g/mol. The number of amides is 1. The molecule has 2 aliphatic heterocycles. The Morgan fingerprint density at radius 2 is 2.16 bits per heavy atom. The minimum atomic E-state index is -0.167. The molecule has 2 aromatic heterocycles. The molecule has 134 valence electrons.